The lowest BCUT2D eigenvalue weighted by molar-refractivity contribution is -0.124. The largest absolute Gasteiger partial charge is 0.374 e. The van der Waals surface area contributed by atoms with E-state index in [0.29, 0.717) is 26.1 Å². The molecule has 1 aromatic rings. The Hall–Kier alpha value is -1.50. The van der Waals surface area contributed by atoms with Gasteiger partial charge in [-0.25, -0.2) is 4.39 Å². The van der Waals surface area contributed by atoms with Crippen molar-refractivity contribution in [2.45, 2.75) is 12.5 Å². The van der Waals surface area contributed by atoms with Crippen LogP contribution in [-0.4, -0.2) is 75.2 Å². The second-order valence-corrected chi connectivity index (χ2v) is 6.22. The van der Waals surface area contributed by atoms with Crippen LogP contribution in [0.2, 0.25) is 0 Å². The number of rotatable bonds is 7. The predicted octanol–water partition coefficient (Wildman–Crippen LogP) is 0.747. The highest BCUT2D eigenvalue weighted by Crippen LogP contribution is 2.06. The summed E-state index contributed by atoms with van der Waals surface area (Å²) in [4.78, 5) is 16.2. The van der Waals surface area contributed by atoms with Crippen molar-refractivity contribution in [2.75, 3.05) is 53.4 Å². The van der Waals surface area contributed by atoms with Gasteiger partial charge < -0.3 is 15.0 Å². The molecule has 1 amide bonds. The maximum absolute atomic E-state index is 12.8. The summed E-state index contributed by atoms with van der Waals surface area (Å²) in [5.74, 6) is -0.213. The quantitative estimate of drug-likeness (QED) is 0.804. The Morgan fingerprint density at radius 1 is 1.39 bits per heavy atom. The number of carbonyl (C=O) groups excluding carboxylic acids is 1. The number of halogens is 1. The summed E-state index contributed by atoms with van der Waals surface area (Å²) in [6.07, 6.45) is 0.865. The minimum absolute atomic E-state index is 0.0256. The number of nitrogens with zero attached hydrogens (tertiary/aromatic N) is 2. The Labute approximate surface area is 137 Å². The molecule has 5 nitrogen and oxygen atoms in total. The van der Waals surface area contributed by atoms with Gasteiger partial charge in [0.2, 0.25) is 5.91 Å². The van der Waals surface area contributed by atoms with E-state index >= 15 is 0 Å². The number of amides is 1. The zero-order valence-electron chi connectivity index (χ0n) is 13.9. The third kappa shape index (κ3) is 6.64. The van der Waals surface area contributed by atoms with Gasteiger partial charge in [-0.05, 0) is 38.2 Å². The molecule has 0 spiro atoms. The molecule has 1 fully saturated rings. The molecular weight excluding hydrogens is 297 g/mol. The van der Waals surface area contributed by atoms with Crippen LogP contribution in [0.25, 0.3) is 0 Å². The van der Waals surface area contributed by atoms with Crippen molar-refractivity contribution >= 4 is 5.91 Å². The summed E-state index contributed by atoms with van der Waals surface area (Å²) in [5, 5.41) is 2.92. The van der Waals surface area contributed by atoms with E-state index in [1.54, 1.807) is 12.1 Å². The summed E-state index contributed by atoms with van der Waals surface area (Å²) in [6.45, 7) is 4.07. The topological polar surface area (TPSA) is 44.8 Å². The van der Waals surface area contributed by atoms with E-state index in [1.807, 2.05) is 14.1 Å². The number of morpholine rings is 1. The van der Waals surface area contributed by atoms with E-state index in [1.165, 1.54) is 12.1 Å². The summed E-state index contributed by atoms with van der Waals surface area (Å²) >= 11 is 0. The van der Waals surface area contributed by atoms with Crippen LogP contribution in [0.5, 0.6) is 0 Å². The first-order chi connectivity index (χ1) is 11.0. The predicted molar refractivity (Wildman–Crippen MR) is 87.8 cm³/mol. The molecule has 1 N–H and O–H groups in total. The van der Waals surface area contributed by atoms with Crippen LogP contribution in [-0.2, 0) is 16.0 Å². The molecular formula is C17H26FN3O2. The van der Waals surface area contributed by atoms with Crippen molar-refractivity contribution < 1.29 is 13.9 Å². The standard InChI is InChI=1S/C17H26FN3O2/c1-20(2)11-16-12-21(9-10-23-16)13-17(22)19-8-7-14-3-5-15(18)6-4-14/h3-6,16H,7-13H2,1-2H3,(H,19,22)/t16-/m0/s1. The van der Waals surface area contributed by atoms with Gasteiger partial charge >= 0.3 is 0 Å². The van der Waals surface area contributed by atoms with Crippen LogP contribution >= 0.6 is 0 Å². The molecule has 6 heteroatoms. The number of hydrogen-bond donors (Lipinski definition) is 1. The summed E-state index contributed by atoms with van der Waals surface area (Å²) in [5.41, 5.74) is 1.02. The molecule has 0 radical (unpaired) electrons. The summed E-state index contributed by atoms with van der Waals surface area (Å²) in [6, 6.07) is 6.37. The van der Waals surface area contributed by atoms with Gasteiger partial charge in [-0.15, -0.1) is 0 Å². The third-order valence-corrected chi connectivity index (χ3v) is 3.81. The summed E-state index contributed by atoms with van der Waals surface area (Å²) < 4.78 is 18.5. The second-order valence-electron chi connectivity index (χ2n) is 6.22. The number of likely N-dealkylation sites (N-methyl/N-ethyl adjacent to an activating group) is 1. The highest BCUT2D eigenvalue weighted by atomic mass is 19.1. The molecule has 0 aliphatic carbocycles. The Kier molecular flexibility index (Phi) is 6.95. The molecule has 0 aromatic heterocycles. The highest BCUT2D eigenvalue weighted by molar-refractivity contribution is 5.78. The number of ether oxygens (including phenoxy) is 1. The van der Waals surface area contributed by atoms with Crippen molar-refractivity contribution in [1.29, 1.82) is 0 Å². The average Bonchev–Trinajstić information content (AvgIpc) is 2.49. The lowest BCUT2D eigenvalue weighted by Gasteiger charge is -2.33. The minimum Gasteiger partial charge on any atom is -0.374 e. The summed E-state index contributed by atoms with van der Waals surface area (Å²) in [7, 11) is 4.04. The molecule has 0 bridgehead atoms. The number of carbonyl (C=O) groups is 1. The van der Waals surface area contributed by atoms with E-state index < -0.39 is 0 Å². The van der Waals surface area contributed by atoms with Crippen molar-refractivity contribution in [3.63, 3.8) is 0 Å². The molecule has 2 rings (SSSR count). The van der Waals surface area contributed by atoms with Gasteiger partial charge in [-0.2, -0.15) is 0 Å². The molecule has 0 unspecified atom stereocenters. The van der Waals surface area contributed by atoms with Crippen molar-refractivity contribution in [3.8, 4) is 0 Å². The van der Waals surface area contributed by atoms with E-state index in [4.69, 9.17) is 4.74 Å². The normalized spacial score (nSPS) is 19.0. The molecule has 23 heavy (non-hydrogen) atoms. The van der Waals surface area contributed by atoms with Gasteiger partial charge in [-0.3, -0.25) is 9.69 Å². The van der Waals surface area contributed by atoms with Crippen molar-refractivity contribution in [2.24, 2.45) is 0 Å². The van der Waals surface area contributed by atoms with E-state index in [-0.39, 0.29) is 17.8 Å². The Morgan fingerprint density at radius 2 is 2.13 bits per heavy atom. The van der Waals surface area contributed by atoms with Gasteiger partial charge in [0.15, 0.2) is 0 Å². The Balaban J connectivity index is 1.66. The molecule has 1 aliphatic rings. The van der Waals surface area contributed by atoms with Gasteiger partial charge in [0, 0.05) is 26.2 Å². The monoisotopic (exact) mass is 323 g/mol. The zero-order valence-corrected chi connectivity index (χ0v) is 13.9. The lowest BCUT2D eigenvalue weighted by atomic mass is 10.1. The minimum atomic E-state index is -0.239. The van der Waals surface area contributed by atoms with Crippen molar-refractivity contribution in [1.82, 2.24) is 15.1 Å². The first-order valence-electron chi connectivity index (χ1n) is 8.03. The van der Waals surface area contributed by atoms with Crippen LogP contribution in [0.15, 0.2) is 24.3 Å². The number of hydrogen-bond acceptors (Lipinski definition) is 4. The first-order valence-corrected chi connectivity index (χ1v) is 8.03. The van der Waals surface area contributed by atoms with Crippen LogP contribution in [0, 0.1) is 5.82 Å². The van der Waals surface area contributed by atoms with Crippen LogP contribution < -0.4 is 5.32 Å². The fraction of sp³-hybridized carbons (Fsp3) is 0.588. The molecule has 1 atom stereocenters. The zero-order chi connectivity index (χ0) is 16.7. The smallest absolute Gasteiger partial charge is 0.234 e. The lowest BCUT2D eigenvalue weighted by Crippen LogP contribution is -2.49. The van der Waals surface area contributed by atoms with Crippen molar-refractivity contribution in [3.05, 3.63) is 35.6 Å². The SMILES string of the molecule is CN(C)C[C@H]1CN(CC(=O)NCCc2ccc(F)cc2)CCO1. The molecule has 1 aliphatic heterocycles. The second kappa shape index (κ2) is 8.96. The van der Waals surface area contributed by atoms with Crippen LogP contribution in [0.3, 0.4) is 0 Å². The number of nitrogens with one attached hydrogen (secondary N) is 1. The van der Waals surface area contributed by atoms with Gasteiger partial charge in [0.25, 0.3) is 0 Å². The van der Waals surface area contributed by atoms with E-state index in [0.717, 1.165) is 25.2 Å². The highest BCUT2D eigenvalue weighted by Gasteiger charge is 2.22. The van der Waals surface area contributed by atoms with E-state index in [2.05, 4.69) is 15.1 Å². The molecule has 1 saturated heterocycles. The maximum atomic E-state index is 12.8. The molecule has 1 heterocycles. The van der Waals surface area contributed by atoms with Gasteiger partial charge in [0.05, 0.1) is 19.3 Å². The van der Waals surface area contributed by atoms with E-state index in [9.17, 15) is 9.18 Å². The molecule has 0 saturated carbocycles. The fourth-order valence-electron chi connectivity index (χ4n) is 2.70. The number of benzene rings is 1. The molecule has 1 aromatic carbocycles. The van der Waals surface area contributed by atoms with Gasteiger partial charge in [0.1, 0.15) is 5.82 Å². The first kappa shape index (κ1) is 17.8. The van der Waals surface area contributed by atoms with Crippen LogP contribution in [0.4, 0.5) is 4.39 Å². The fourth-order valence-corrected chi connectivity index (χ4v) is 2.70. The maximum Gasteiger partial charge on any atom is 0.234 e. The molecule has 128 valence electrons. The Bertz CT molecular complexity index is 493. The Morgan fingerprint density at radius 3 is 2.83 bits per heavy atom. The van der Waals surface area contributed by atoms with Crippen LogP contribution in [0.1, 0.15) is 5.56 Å². The average molecular weight is 323 g/mol. The third-order valence-electron chi connectivity index (χ3n) is 3.81. The van der Waals surface area contributed by atoms with Gasteiger partial charge in [-0.1, -0.05) is 12.1 Å².